The summed E-state index contributed by atoms with van der Waals surface area (Å²) >= 11 is 0. The van der Waals surface area contributed by atoms with E-state index in [9.17, 15) is 13.6 Å². The molecule has 3 heterocycles. The largest absolute Gasteiger partial charge is 0.347 e. The number of rotatable bonds is 3. The third-order valence-corrected chi connectivity index (χ3v) is 4.69. The van der Waals surface area contributed by atoms with Crippen LogP contribution in [-0.4, -0.2) is 52.9 Å². The maximum atomic E-state index is 13.2. The molecule has 0 atom stereocenters. The highest BCUT2D eigenvalue weighted by molar-refractivity contribution is 5.92. The molecule has 2 aromatic rings. The number of nitrogens with one attached hydrogen (secondary N) is 1. The predicted molar refractivity (Wildman–Crippen MR) is 91.4 cm³/mol. The number of piperidine rings is 1. The fourth-order valence-corrected chi connectivity index (χ4v) is 3.22. The lowest BCUT2D eigenvalue weighted by molar-refractivity contribution is -0.181. The van der Waals surface area contributed by atoms with Crippen molar-refractivity contribution in [3.8, 4) is 0 Å². The zero-order chi connectivity index (χ0) is 18.9. The lowest BCUT2D eigenvalue weighted by Crippen LogP contribution is -2.47. The van der Waals surface area contributed by atoms with E-state index in [1.54, 1.807) is 4.90 Å². The molecule has 1 aromatic carbocycles. The average molecular weight is 376 g/mol. The first-order valence-electron chi connectivity index (χ1n) is 8.66. The Bertz CT molecular complexity index is 831. The molecule has 2 aliphatic heterocycles. The summed E-state index contributed by atoms with van der Waals surface area (Å²) < 4.78 is 37.5. The number of likely N-dealkylation sites (tertiary alicyclic amines) is 1. The van der Waals surface area contributed by atoms with Crippen molar-refractivity contribution in [3.05, 3.63) is 47.9 Å². The molecular formula is C18H18F2N4O3. The first kappa shape index (κ1) is 17.7. The van der Waals surface area contributed by atoms with Crippen LogP contribution in [0.5, 0.6) is 0 Å². The molecule has 4 rings (SSSR count). The number of benzene rings is 1. The van der Waals surface area contributed by atoms with Crippen molar-refractivity contribution >= 4 is 17.4 Å². The van der Waals surface area contributed by atoms with E-state index in [0.717, 1.165) is 12.1 Å². The number of nitrogens with zero attached hydrogens (tertiary/aromatic N) is 3. The van der Waals surface area contributed by atoms with Crippen molar-refractivity contribution in [1.29, 1.82) is 0 Å². The lowest BCUT2D eigenvalue weighted by atomic mass is 10.0. The summed E-state index contributed by atoms with van der Waals surface area (Å²) in [5.74, 6) is -2.32. The second kappa shape index (κ2) is 7.16. The summed E-state index contributed by atoms with van der Waals surface area (Å²) in [5.41, 5.74) is 0.551. The highest BCUT2D eigenvalue weighted by Crippen LogP contribution is 2.31. The number of ether oxygens (including phenoxy) is 2. The number of halogens is 2. The van der Waals surface area contributed by atoms with E-state index in [0.29, 0.717) is 50.7 Å². The van der Waals surface area contributed by atoms with Gasteiger partial charge >= 0.3 is 0 Å². The summed E-state index contributed by atoms with van der Waals surface area (Å²) in [4.78, 5) is 22.5. The van der Waals surface area contributed by atoms with Gasteiger partial charge in [0.25, 0.3) is 5.91 Å². The van der Waals surface area contributed by atoms with Gasteiger partial charge < -0.3 is 19.7 Å². The third kappa shape index (κ3) is 3.74. The Morgan fingerprint density at radius 2 is 1.81 bits per heavy atom. The molecule has 142 valence electrons. The summed E-state index contributed by atoms with van der Waals surface area (Å²) in [6.45, 7) is 2.22. The fourth-order valence-electron chi connectivity index (χ4n) is 3.22. The number of carbonyl (C=O) groups excluding carboxylic acids is 1. The van der Waals surface area contributed by atoms with Gasteiger partial charge in [0.1, 0.15) is 11.5 Å². The summed E-state index contributed by atoms with van der Waals surface area (Å²) in [6, 6.07) is 3.42. The minimum atomic E-state index is -0.960. The minimum absolute atomic E-state index is 0.213. The molecule has 2 saturated heterocycles. The van der Waals surface area contributed by atoms with Gasteiger partial charge in [-0.2, -0.15) is 0 Å². The molecule has 1 aromatic heterocycles. The second-order valence-corrected chi connectivity index (χ2v) is 6.44. The minimum Gasteiger partial charge on any atom is -0.347 e. The van der Waals surface area contributed by atoms with Crippen molar-refractivity contribution in [2.75, 3.05) is 31.6 Å². The molecule has 0 aliphatic carbocycles. The van der Waals surface area contributed by atoms with Gasteiger partial charge in [0.2, 0.25) is 0 Å². The van der Waals surface area contributed by atoms with E-state index < -0.39 is 17.4 Å². The zero-order valence-electron chi connectivity index (χ0n) is 14.5. The van der Waals surface area contributed by atoms with Gasteiger partial charge in [-0.05, 0) is 12.1 Å². The van der Waals surface area contributed by atoms with Crippen LogP contribution in [0.4, 0.5) is 20.3 Å². The van der Waals surface area contributed by atoms with Crippen LogP contribution in [0.15, 0.2) is 30.6 Å². The SMILES string of the molecule is O=C(c1cnc(Nc2ccc(F)c(F)c2)cn1)N1CCC2(CC1)OCCO2. The van der Waals surface area contributed by atoms with Crippen molar-refractivity contribution in [2.45, 2.75) is 18.6 Å². The molecule has 0 radical (unpaired) electrons. The molecule has 0 bridgehead atoms. The predicted octanol–water partition coefficient (Wildman–Crippen LogP) is 2.48. The molecule has 27 heavy (non-hydrogen) atoms. The van der Waals surface area contributed by atoms with Gasteiger partial charge in [-0.3, -0.25) is 4.79 Å². The Kier molecular flexibility index (Phi) is 4.71. The van der Waals surface area contributed by atoms with E-state index in [2.05, 4.69) is 15.3 Å². The Morgan fingerprint density at radius 1 is 1.07 bits per heavy atom. The van der Waals surface area contributed by atoms with Crippen molar-refractivity contribution < 1.29 is 23.0 Å². The van der Waals surface area contributed by atoms with Gasteiger partial charge in [-0.1, -0.05) is 0 Å². The average Bonchev–Trinajstić information content (AvgIpc) is 3.13. The van der Waals surface area contributed by atoms with E-state index in [4.69, 9.17) is 9.47 Å². The number of hydrogen-bond donors (Lipinski definition) is 1. The molecule has 1 amide bonds. The van der Waals surface area contributed by atoms with Crippen LogP contribution in [0.25, 0.3) is 0 Å². The van der Waals surface area contributed by atoms with Crippen molar-refractivity contribution in [1.82, 2.24) is 14.9 Å². The number of anilines is 2. The topological polar surface area (TPSA) is 76.6 Å². The van der Waals surface area contributed by atoms with E-state index in [1.165, 1.54) is 18.5 Å². The normalized spacial score (nSPS) is 18.7. The molecule has 0 saturated carbocycles. The number of aromatic nitrogens is 2. The van der Waals surface area contributed by atoms with Crippen LogP contribution in [0, 0.1) is 11.6 Å². The Hall–Kier alpha value is -2.65. The maximum absolute atomic E-state index is 13.2. The summed E-state index contributed by atoms with van der Waals surface area (Å²) in [5, 5.41) is 2.81. The molecule has 2 fully saturated rings. The molecule has 2 aliphatic rings. The molecule has 7 nitrogen and oxygen atoms in total. The zero-order valence-corrected chi connectivity index (χ0v) is 14.5. The van der Waals surface area contributed by atoms with Gasteiger partial charge in [-0.15, -0.1) is 0 Å². The molecule has 9 heteroatoms. The lowest BCUT2D eigenvalue weighted by Gasteiger charge is -2.37. The standard InChI is InChI=1S/C18H18F2N4O3/c19-13-2-1-12(9-14(13)20)23-16-11-21-15(10-22-16)17(25)24-5-3-18(4-6-24)26-7-8-27-18/h1-2,9-11H,3-8H2,(H,22,23). The van der Waals surface area contributed by atoms with Crippen molar-refractivity contribution in [3.63, 3.8) is 0 Å². The molecule has 0 unspecified atom stereocenters. The molecule has 1 N–H and O–H groups in total. The maximum Gasteiger partial charge on any atom is 0.274 e. The van der Waals surface area contributed by atoms with Crippen LogP contribution in [0.3, 0.4) is 0 Å². The van der Waals surface area contributed by atoms with Crippen LogP contribution in [0.1, 0.15) is 23.3 Å². The monoisotopic (exact) mass is 376 g/mol. The molecular weight excluding hydrogens is 358 g/mol. The van der Waals surface area contributed by atoms with E-state index >= 15 is 0 Å². The van der Waals surface area contributed by atoms with E-state index in [1.807, 2.05) is 0 Å². The molecule has 1 spiro atoms. The Morgan fingerprint density at radius 3 is 2.44 bits per heavy atom. The number of hydrogen-bond acceptors (Lipinski definition) is 6. The third-order valence-electron chi connectivity index (χ3n) is 4.69. The van der Waals surface area contributed by atoms with Crippen LogP contribution in [0.2, 0.25) is 0 Å². The quantitative estimate of drug-likeness (QED) is 0.887. The van der Waals surface area contributed by atoms with Gasteiger partial charge in [0.05, 0.1) is 25.6 Å². The van der Waals surface area contributed by atoms with Gasteiger partial charge in [-0.25, -0.2) is 18.7 Å². The first-order valence-corrected chi connectivity index (χ1v) is 8.66. The highest BCUT2D eigenvalue weighted by Gasteiger charge is 2.41. The fraction of sp³-hybridized carbons (Fsp3) is 0.389. The van der Waals surface area contributed by atoms with Crippen molar-refractivity contribution in [2.24, 2.45) is 0 Å². The van der Waals surface area contributed by atoms with Crippen LogP contribution in [-0.2, 0) is 9.47 Å². The second-order valence-electron chi connectivity index (χ2n) is 6.44. The van der Waals surface area contributed by atoms with Gasteiger partial charge in [0.15, 0.2) is 17.4 Å². The Labute approximate surface area is 154 Å². The highest BCUT2D eigenvalue weighted by atomic mass is 19.2. The smallest absolute Gasteiger partial charge is 0.274 e. The summed E-state index contributed by atoms with van der Waals surface area (Å²) in [6.07, 6.45) is 3.99. The van der Waals surface area contributed by atoms with E-state index in [-0.39, 0.29) is 11.6 Å². The van der Waals surface area contributed by atoms with Crippen LogP contribution < -0.4 is 5.32 Å². The Balaban J connectivity index is 1.38. The first-order chi connectivity index (χ1) is 13.0. The summed E-state index contributed by atoms with van der Waals surface area (Å²) in [7, 11) is 0. The number of carbonyl (C=O) groups is 1. The number of amides is 1. The van der Waals surface area contributed by atoms with Crippen LogP contribution >= 0.6 is 0 Å². The van der Waals surface area contributed by atoms with Gasteiger partial charge in [0, 0.05) is 37.7 Å².